The molecule has 1 amide bonds. The quantitative estimate of drug-likeness (QED) is 0.311. The van der Waals surface area contributed by atoms with Crippen molar-refractivity contribution in [3.63, 3.8) is 0 Å². The first-order chi connectivity index (χ1) is 16.3. The minimum atomic E-state index is -0.649. The molecule has 1 fully saturated rings. The number of aliphatic hydroxyl groups excluding tert-OH is 1. The number of carbonyl (C=O) groups excluding carboxylic acids is 2. The van der Waals surface area contributed by atoms with Crippen LogP contribution >= 0.6 is 0 Å². The smallest absolute Gasteiger partial charge is 0.295 e. The Bertz CT molecular complexity index is 1040. The normalized spacial score (nSPS) is 17.7. The first kappa shape index (κ1) is 25.5. The van der Waals surface area contributed by atoms with E-state index in [9.17, 15) is 14.7 Å². The highest BCUT2D eigenvalue weighted by molar-refractivity contribution is 6.46. The van der Waals surface area contributed by atoms with Gasteiger partial charge >= 0.3 is 0 Å². The molecule has 1 aliphatic heterocycles. The van der Waals surface area contributed by atoms with Crippen molar-refractivity contribution >= 4 is 17.4 Å². The van der Waals surface area contributed by atoms with Crippen LogP contribution < -0.4 is 4.74 Å². The molecule has 1 saturated heterocycles. The maximum Gasteiger partial charge on any atom is 0.295 e. The van der Waals surface area contributed by atoms with Gasteiger partial charge in [-0.1, -0.05) is 58.0 Å². The summed E-state index contributed by atoms with van der Waals surface area (Å²) in [5.74, 6) is -0.244. The zero-order chi connectivity index (χ0) is 24.8. The Balaban J connectivity index is 2.02. The number of amides is 1. The largest absolute Gasteiger partial charge is 0.507 e. The second-order valence-electron chi connectivity index (χ2n) is 9.12. The lowest BCUT2D eigenvalue weighted by atomic mass is 9.95. The highest BCUT2D eigenvalue weighted by Gasteiger charge is 2.45. The van der Waals surface area contributed by atoms with E-state index in [0.29, 0.717) is 31.2 Å². The highest BCUT2D eigenvalue weighted by Crippen LogP contribution is 2.39. The summed E-state index contributed by atoms with van der Waals surface area (Å²) in [4.78, 5) is 30.1. The lowest BCUT2D eigenvalue weighted by Crippen LogP contribution is -2.38. The van der Waals surface area contributed by atoms with Crippen molar-refractivity contribution < 1.29 is 19.4 Å². The van der Waals surface area contributed by atoms with Gasteiger partial charge in [0.15, 0.2) is 0 Å². The molecule has 6 nitrogen and oxygen atoms in total. The minimum absolute atomic E-state index is 0.131. The standard InChI is InChI=1S/C28H36N2O4/c1-6-29(7-2)15-16-30-25(21-11-9-8-10-12-21)24(27(32)28(30)33)26(31)22-13-14-23(20(5)17-22)34-18-19(3)4/h8-14,17,19,25,31H,6-7,15-16,18H2,1-5H3/b26-24+/t25-/m0/s1. The van der Waals surface area contributed by atoms with Crippen LogP contribution in [0.25, 0.3) is 5.76 Å². The van der Waals surface area contributed by atoms with Crippen LogP contribution in [-0.2, 0) is 9.59 Å². The van der Waals surface area contributed by atoms with Crippen LogP contribution in [0.15, 0.2) is 54.1 Å². The Kier molecular flexibility index (Phi) is 8.51. The van der Waals surface area contributed by atoms with E-state index >= 15 is 0 Å². The van der Waals surface area contributed by atoms with E-state index in [2.05, 4.69) is 32.6 Å². The first-order valence-corrected chi connectivity index (χ1v) is 12.1. The fraction of sp³-hybridized carbons (Fsp3) is 0.429. The molecular formula is C28H36N2O4. The zero-order valence-electron chi connectivity index (χ0n) is 20.9. The number of nitrogens with zero attached hydrogens (tertiary/aromatic N) is 2. The van der Waals surface area contributed by atoms with Crippen molar-refractivity contribution in [3.05, 3.63) is 70.8 Å². The van der Waals surface area contributed by atoms with Crippen LogP contribution in [0, 0.1) is 12.8 Å². The van der Waals surface area contributed by atoms with E-state index in [4.69, 9.17) is 4.74 Å². The predicted octanol–water partition coefficient (Wildman–Crippen LogP) is 4.79. The van der Waals surface area contributed by atoms with Gasteiger partial charge in [-0.25, -0.2) is 0 Å². The van der Waals surface area contributed by atoms with E-state index < -0.39 is 17.7 Å². The summed E-state index contributed by atoms with van der Waals surface area (Å²) in [6.07, 6.45) is 0. The molecule has 3 rings (SSSR count). The molecule has 1 heterocycles. The molecule has 1 atom stereocenters. The number of ether oxygens (including phenoxy) is 1. The van der Waals surface area contributed by atoms with Crippen molar-refractivity contribution in [2.75, 3.05) is 32.8 Å². The molecular weight excluding hydrogens is 428 g/mol. The SMILES string of the molecule is CCN(CC)CCN1C(=O)C(=O)/C(=C(/O)c2ccc(OCC(C)C)c(C)c2)[C@@H]1c1ccccc1. The molecule has 0 spiro atoms. The zero-order valence-corrected chi connectivity index (χ0v) is 20.9. The number of hydrogen-bond acceptors (Lipinski definition) is 5. The Morgan fingerprint density at radius 3 is 2.35 bits per heavy atom. The molecule has 0 saturated carbocycles. The van der Waals surface area contributed by atoms with Crippen molar-refractivity contribution in [1.82, 2.24) is 9.80 Å². The summed E-state index contributed by atoms with van der Waals surface area (Å²) >= 11 is 0. The maximum absolute atomic E-state index is 13.2. The average molecular weight is 465 g/mol. The molecule has 1 aliphatic rings. The number of Topliss-reactive ketones (excluding diaryl/α,β-unsaturated/α-hetero) is 1. The Hall–Kier alpha value is -3.12. The molecule has 0 aliphatic carbocycles. The average Bonchev–Trinajstić information content (AvgIpc) is 3.08. The first-order valence-electron chi connectivity index (χ1n) is 12.1. The van der Waals surface area contributed by atoms with E-state index in [1.165, 1.54) is 0 Å². The van der Waals surface area contributed by atoms with Crippen molar-refractivity contribution in [2.24, 2.45) is 5.92 Å². The minimum Gasteiger partial charge on any atom is -0.507 e. The number of carbonyl (C=O) groups is 2. The predicted molar refractivity (Wildman–Crippen MR) is 135 cm³/mol. The second-order valence-corrected chi connectivity index (χ2v) is 9.12. The van der Waals surface area contributed by atoms with Gasteiger partial charge in [0.2, 0.25) is 0 Å². The highest BCUT2D eigenvalue weighted by atomic mass is 16.5. The molecule has 2 aromatic rings. The fourth-order valence-electron chi connectivity index (χ4n) is 4.25. The number of likely N-dealkylation sites (tertiary alicyclic amines) is 1. The van der Waals surface area contributed by atoms with Gasteiger partial charge < -0.3 is 19.6 Å². The Morgan fingerprint density at radius 2 is 1.76 bits per heavy atom. The lowest BCUT2D eigenvalue weighted by molar-refractivity contribution is -0.140. The number of likely N-dealkylation sites (N-methyl/N-ethyl adjacent to an activating group) is 1. The van der Waals surface area contributed by atoms with Crippen LogP contribution in [-0.4, -0.2) is 59.4 Å². The van der Waals surface area contributed by atoms with Crippen LogP contribution in [0.1, 0.15) is 50.4 Å². The number of ketones is 1. The summed E-state index contributed by atoms with van der Waals surface area (Å²) in [7, 11) is 0. The fourth-order valence-corrected chi connectivity index (χ4v) is 4.25. The third-order valence-corrected chi connectivity index (χ3v) is 6.23. The maximum atomic E-state index is 13.2. The molecule has 182 valence electrons. The number of rotatable bonds is 10. The van der Waals surface area contributed by atoms with E-state index in [-0.39, 0.29) is 11.3 Å². The summed E-state index contributed by atoms with van der Waals surface area (Å²) in [6.45, 7) is 13.6. The number of hydrogen-bond donors (Lipinski definition) is 1. The van der Waals surface area contributed by atoms with E-state index in [1.54, 1.807) is 23.1 Å². The number of benzene rings is 2. The van der Waals surface area contributed by atoms with Crippen LogP contribution in [0.3, 0.4) is 0 Å². The lowest BCUT2D eigenvalue weighted by Gasteiger charge is -2.28. The van der Waals surface area contributed by atoms with Gasteiger partial charge in [-0.3, -0.25) is 9.59 Å². The van der Waals surface area contributed by atoms with E-state index in [1.807, 2.05) is 37.3 Å². The summed E-state index contributed by atoms with van der Waals surface area (Å²) in [5.41, 5.74) is 2.29. The molecule has 6 heteroatoms. The number of aliphatic hydroxyl groups is 1. The van der Waals surface area contributed by atoms with Crippen LogP contribution in [0.4, 0.5) is 0 Å². The van der Waals surface area contributed by atoms with Crippen LogP contribution in [0.2, 0.25) is 0 Å². The third-order valence-electron chi connectivity index (χ3n) is 6.23. The van der Waals surface area contributed by atoms with Crippen molar-refractivity contribution in [2.45, 2.75) is 40.7 Å². The summed E-state index contributed by atoms with van der Waals surface area (Å²) in [6, 6.07) is 14.2. The Morgan fingerprint density at radius 1 is 1.09 bits per heavy atom. The number of aryl methyl sites for hydroxylation is 1. The topological polar surface area (TPSA) is 70.1 Å². The third kappa shape index (κ3) is 5.50. The van der Waals surface area contributed by atoms with Crippen LogP contribution in [0.5, 0.6) is 5.75 Å². The molecule has 0 bridgehead atoms. The molecule has 2 aromatic carbocycles. The monoisotopic (exact) mass is 464 g/mol. The van der Waals surface area contributed by atoms with E-state index in [0.717, 1.165) is 30.0 Å². The summed E-state index contributed by atoms with van der Waals surface area (Å²) in [5, 5.41) is 11.3. The van der Waals surface area contributed by atoms with Gasteiger partial charge in [0.25, 0.3) is 11.7 Å². The Labute approximate surface area is 202 Å². The van der Waals surface area contributed by atoms with Gasteiger partial charge in [-0.05, 0) is 55.3 Å². The van der Waals surface area contributed by atoms with Gasteiger partial charge in [0.05, 0.1) is 18.2 Å². The van der Waals surface area contributed by atoms with Crippen molar-refractivity contribution in [3.8, 4) is 5.75 Å². The molecule has 0 aromatic heterocycles. The molecule has 1 N–H and O–H groups in total. The molecule has 34 heavy (non-hydrogen) atoms. The van der Waals surface area contributed by atoms with Gasteiger partial charge in [-0.2, -0.15) is 0 Å². The molecule has 0 unspecified atom stereocenters. The van der Waals surface area contributed by atoms with Gasteiger partial charge in [-0.15, -0.1) is 0 Å². The second kappa shape index (κ2) is 11.3. The molecule has 0 radical (unpaired) electrons. The summed E-state index contributed by atoms with van der Waals surface area (Å²) < 4.78 is 5.85. The van der Waals surface area contributed by atoms with Crippen molar-refractivity contribution in [1.29, 1.82) is 0 Å². The van der Waals surface area contributed by atoms with Gasteiger partial charge in [0.1, 0.15) is 11.5 Å². The van der Waals surface area contributed by atoms with Gasteiger partial charge in [0, 0.05) is 18.7 Å².